The molecule has 0 spiro atoms. The molecule has 0 atom stereocenters. The number of nitrogens with zero attached hydrogens (tertiary/aromatic N) is 3. The molecule has 6 rings (SSSR count). The molecule has 0 amide bonds. The molecule has 0 N–H and O–H groups in total. The molecule has 3 nitrogen and oxygen atoms in total. The van der Waals surface area contributed by atoms with Crippen molar-refractivity contribution in [1.29, 1.82) is 0 Å². The van der Waals surface area contributed by atoms with E-state index in [1.165, 1.54) is 27.8 Å². The van der Waals surface area contributed by atoms with Crippen molar-refractivity contribution in [3.05, 3.63) is 161 Å². The van der Waals surface area contributed by atoms with E-state index in [0.717, 1.165) is 33.2 Å². The highest BCUT2D eigenvalue weighted by atomic mass is 35.5. The minimum absolute atomic E-state index is 0.753. The summed E-state index contributed by atoms with van der Waals surface area (Å²) in [5, 5.41) is 0.753. The highest BCUT2D eigenvalue weighted by Crippen LogP contribution is 2.29. The van der Waals surface area contributed by atoms with Crippen molar-refractivity contribution in [3.8, 4) is 33.8 Å². The third kappa shape index (κ3) is 7.97. The van der Waals surface area contributed by atoms with Crippen molar-refractivity contribution in [3.63, 3.8) is 0 Å². The largest absolute Gasteiger partial charge is 0.256 e. The molecule has 3 heterocycles. The lowest BCUT2D eigenvalue weighted by molar-refractivity contribution is 1.28. The van der Waals surface area contributed by atoms with Crippen LogP contribution in [0.15, 0.2) is 134 Å². The van der Waals surface area contributed by atoms with Gasteiger partial charge in [0.15, 0.2) is 0 Å². The average Bonchev–Trinajstić information content (AvgIpc) is 3.00. The van der Waals surface area contributed by atoms with Crippen molar-refractivity contribution in [2.24, 2.45) is 0 Å². The van der Waals surface area contributed by atoms with Crippen LogP contribution in [0, 0.1) is 27.7 Å². The fourth-order valence-corrected chi connectivity index (χ4v) is 4.90. The molecule has 0 aliphatic carbocycles. The van der Waals surface area contributed by atoms with E-state index in [-0.39, 0.29) is 0 Å². The van der Waals surface area contributed by atoms with Gasteiger partial charge in [0.2, 0.25) is 0 Å². The first-order valence-corrected chi connectivity index (χ1v) is 13.9. The van der Waals surface area contributed by atoms with Crippen LogP contribution in [-0.2, 0) is 0 Å². The standard InChI is InChI=1S/C13H13N.C12H10ClN.C12H11N/c1-10-6-5-7-11(2)13(10)12-8-3-4-9-14-12;1-9-5-4-6-10(13)12(9)11-7-2-3-8-14-11;1-10-6-2-3-7-11(10)12-8-4-5-9-13-12/h3-9H,1-2H3;2-8H,1H3;2-9H,1H3. The Kier molecular flexibility index (Phi) is 10.5. The first-order valence-electron chi connectivity index (χ1n) is 13.6. The Labute approximate surface area is 248 Å². The van der Waals surface area contributed by atoms with Gasteiger partial charge in [-0.15, -0.1) is 0 Å². The predicted octanol–water partition coefficient (Wildman–Crippen LogP) is 10.1. The molecule has 3 aromatic heterocycles. The molecule has 4 heteroatoms. The van der Waals surface area contributed by atoms with Crippen LogP contribution in [0.4, 0.5) is 0 Å². The van der Waals surface area contributed by atoms with E-state index in [1.54, 1.807) is 6.20 Å². The van der Waals surface area contributed by atoms with E-state index in [2.05, 4.69) is 72.1 Å². The van der Waals surface area contributed by atoms with Crippen molar-refractivity contribution in [1.82, 2.24) is 15.0 Å². The Hall–Kier alpha value is -4.60. The molecule has 0 saturated heterocycles. The van der Waals surface area contributed by atoms with Crippen LogP contribution in [0.2, 0.25) is 5.02 Å². The number of aromatic nitrogens is 3. The van der Waals surface area contributed by atoms with Crippen LogP contribution in [0.1, 0.15) is 22.3 Å². The fourth-order valence-electron chi connectivity index (χ4n) is 4.58. The zero-order valence-corrected chi connectivity index (χ0v) is 24.7. The summed E-state index contributed by atoms with van der Waals surface area (Å²) in [6.45, 7) is 8.38. The van der Waals surface area contributed by atoms with E-state index >= 15 is 0 Å². The van der Waals surface area contributed by atoms with Gasteiger partial charge in [-0.1, -0.05) is 84.4 Å². The maximum atomic E-state index is 6.12. The number of pyridine rings is 3. The summed E-state index contributed by atoms with van der Waals surface area (Å²) in [6.07, 6.45) is 5.43. The van der Waals surface area contributed by atoms with Crippen molar-refractivity contribution >= 4 is 11.6 Å². The van der Waals surface area contributed by atoms with Gasteiger partial charge in [-0.2, -0.15) is 0 Å². The molecule has 0 unspecified atom stereocenters. The van der Waals surface area contributed by atoms with Crippen LogP contribution >= 0.6 is 11.6 Å². The van der Waals surface area contributed by atoms with Crippen LogP contribution in [0.25, 0.3) is 33.8 Å². The minimum Gasteiger partial charge on any atom is -0.256 e. The topological polar surface area (TPSA) is 38.7 Å². The summed E-state index contributed by atoms with van der Waals surface area (Å²) in [6, 6.07) is 38.3. The molecule has 0 saturated carbocycles. The molecule has 0 aliphatic heterocycles. The summed E-state index contributed by atoms with van der Waals surface area (Å²) in [4.78, 5) is 13.0. The SMILES string of the molecule is Cc1cccc(C)c1-c1ccccn1.Cc1cccc(Cl)c1-c1ccccn1.Cc1ccccc1-c1ccccn1. The number of aryl methyl sites for hydroxylation is 4. The number of hydrogen-bond donors (Lipinski definition) is 0. The van der Waals surface area contributed by atoms with Crippen molar-refractivity contribution in [2.45, 2.75) is 27.7 Å². The van der Waals surface area contributed by atoms with Crippen LogP contribution < -0.4 is 0 Å². The quantitative estimate of drug-likeness (QED) is 0.218. The summed E-state index contributed by atoms with van der Waals surface area (Å²) in [5.41, 5.74) is 11.5. The zero-order chi connectivity index (χ0) is 29.0. The predicted molar refractivity (Wildman–Crippen MR) is 173 cm³/mol. The molecule has 0 fully saturated rings. The lowest BCUT2D eigenvalue weighted by atomic mass is 10.00. The van der Waals surface area contributed by atoms with Gasteiger partial charge in [0, 0.05) is 35.3 Å². The van der Waals surface area contributed by atoms with E-state index in [4.69, 9.17) is 11.6 Å². The monoisotopic (exact) mass is 555 g/mol. The Morgan fingerprint density at radius 3 is 1.29 bits per heavy atom. The molecular formula is C37H34ClN3. The Morgan fingerprint density at radius 1 is 0.390 bits per heavy atom. The Bertz CT molecular complexity index is 1540. The highest BCUT2D eigenvalue weighted by molar-refractivity contribution is 6.33. The van der Waals surface area contributed by atoms with Gasteiger partial charge in [0.25, 0.3) is 0 Å². The third-order valence-electron chi connectivity index (χ3n) is 6.63. The fraction of sp³-hybridized carbons (Fsp3) is 0.108. The summed E-state index contributed by atoms with van der Waals surface area (Å²) in [7, 11) is 0. The maximum Gasteiger partial charge on any atom is 0.0719 e. The minimum atomic E-state index is 0.753. The lowest BCUT2D eigenvalue weighted by Gasteiger charge is -2.07. The maximum absolute atomic E-state index is 6.12. The Morgan fingerprint density at radius 2 is 0.805 bits per heavy atom. The zero-order valence-electron chi connectivity index (χ0n) is 23.9. The van der Waals surface area contributed by atoms with Gasteiger partial charge >= 0.3 is 0 Å². The number of rotatable bonds is 3. The number of benzene rings is 3. The van der Waals surface area contributed by atoms with Gasteiger partial charge in [0.05, 0.1) is 22.1 Å². The first-order chi connectivity index (χ1) is 20.0. The second-order valence-electron chi connectivity index (χ2n) is 9.66. The first kappa shape index (κ1) is 29.4. The van der Waals surface area contributed by atoms with Gasteiger partial charge < -0.3 is 0 Å². The van der Waals surface area contributed by atoms with Crippen LogP contribution in [0.5, 0.6) is 0 Å². The Balaban J connectivity index is 0.000000142. The smallest absolute Gasteiger partial charge is 0.0719 e. The van der Waals surface area contributed by atoms with Gasteiger partial charge in [-0.25, -0.2) is 0 Å². The molecule has 0 aliphatic rings. The number of halogens is 1. The second-order valence-corrected chi connectivity index (χ2v) is 10.1. The van der Waals surface area contributed by atoms with E-state index in [0.29, 0.717) is 0 Å². The average molecular weight is 556 g/mol. The van der Waals surface area contributed by atoms with E-state index in [1.807, 2.05) is 98.2 Å². The molecule has 41 heavy (non-hydrogen) atoms. The summed E-state index contributed by atoms with van der Waals surface area (Å²) < 4.78 is 0. The van der Waals surface area contributed by atoms with Gasteiger partial charge in [-0.3, -0.25) is 15.0 Å². The molecule has 3 aromatic carbocycles. The van der Waals surface area contributed by atoms with Crippen molar-refractivity contribution < 1.29 is 0 Å². The molecule has 204 valence electrons. The third-order valence-corrected chi connectivity index (χ3v) is 6.95. The summed E-state index contributed by atoms with van der Waals surface area (Å²) >= 11 is 6.12. The van der Waals surface area contributed by atoms with Crippen LogP contribution in [0.3, 0.4) is 0 Å². The molecule has 0 radical (unpaired) electrons. The second kappa shape index (κ2) is 14.7. The molecular weight excluding hydrogens is 522 g/mol. The van der Waals surface area contributed by atoms with E-state index in [9.17, 15) is 0 Å². The molecule has 6 aromatic rings. The van der Waals surface area contributed by atoms with Crippen molar-refractivity contribution in [2.75, 3.05) is 0 Å². The number of hydrogen-bond acceptors (Lipinski definition) is 3. The van der Waals surface area contributed by atoms with Crippen LogP contribution in [-0.4, -0.2) is 15.0 Å². The lowest BCUT2D eigenvalue weighted by Crippen LogP contribution is -1.89. The summed E-state index contributed by atoms with van der Waals surface area (Å²) in [5.74, 6) is 0. The van der Waals surface area contributed by atoms with E-state index < -0.39 is 0 Å². The molecule has 0 bridgehead atoms. The van der Waals surface area contributed by atoms with Gasteiger partial charge in [0.1, 0.15) is 0 Å². The highest BCUT2D eigenvalue weighted by Gasteiger charge is 2.07. The van der Waals surface area contributed by atoms with Gasteiger partial charge in [-0.05, 0) is 92.4 Å². The normalized spacial score (nSPS) is 10.1.